The van der Waals surface area contributed by atoms with Crippen LogP contribution < -0.4 is 21.3 Å². The van der Waals surface area contributed by atoms with E-state index in [4.69, 9.17) is 0 Å². The zero-order valence-electron chi connectivity index (χ0n) is 21.4. The third-order valence-electron chi connectivity index (χ3n) is 6.15. The van der Waals surface area contributed by atoms with E-state index >= 15 is 0 Å². The van der Waals surface area contributed by atoms with Gasteiger partial charge in [0.25, 0.3) is 11.8 Å². The summed E-state index contributed by atoms with van der Waals surface area (Å²) in [6.07, 6.45) is 0. The summed E-state index contributed by atoms with van der Waals surface area (Å²) in [6, 6.07) is 11.6. The van der Waals surface area contributed by atoms with Crippen molar-refractivity contribution < 1.29 is 28.8 Å². The number of hydrogen-bond acceptors (Lipinski definition) is 7. The van der Waals surface area contributed by atoms with Crippen LogP contribution in [0, 0.1) is 0 Å². The van der Waals surface area contributed by atoms with Gasteiger partial charge in [-0.15, -0.1) is 0 Å². The molecule has 2 aromatic carbocycles. The Morgan fingerprint density at radius 1 is 0.816 bits per heavy atom. The average Bonchev–Trinajstić information content (AvgIpc) is 2.92. The van der Waals surface area contributed by atoms with Crippen LogP contribution in [0.15, 0.2) is 42.5 Å². The normalized spacial score (nSPS) is 14.3. The highest BCUT2D eigenvalue weighted by Crippen LogP contribution is 2.18. The number of rotatable bonds is 10. The Hall–Kier alpha value is -4.32. The van der Waals surface area contributed by atoms with E-state index < -0.39 is 42.0 Å². The van der Waals surface area contributed by atoms with Gasteiger partial charge in [0.15, 0.2) is 0 Å². The molecule has 1 saturated heterocycles. The van der Waals surface area contributed by atoms with E-state index in [0.717, 1.165) is 23.9 Å². The van der Waals surface area contributed by atoms with Gasteiger partial charge in [-0.05, 0) is 30.8 Å². The Kier molecular flexibility index (Phi) is 9.88. The second-order valence-corrected chi connectivity index (χ2v) is 9.01. The van der Waals surface area contributed by atoms with Crippen LogP contribution in [0.3, 0.4) is 0 Å². The van der Waals surface area contributed by atoms with Crippen LogP contribution in [-0.2, 0) is 24.0 Å². The number of hydrogen-bond donors (Lipinski definition) is 4. The molecule has 0 unspecified atom stereocenters. The van der Waals surface area contributed by atoms with Gasteiger partial charge >= 0.3 is 0 Å². The molecule has 0 radical (unpaired) electrons. The predicted molar refractivity (Wildman–Crippen MR) is 139 cm³/mol. The highest BCUT2D eigenvalue weighted by atomic mass is 16.2. The van der Waals surface area contributed by atoms with Crippen molar-refractivity contribution in [3.8, 4) is 0 Å². The monoisotopic (exact) mass is 524 g/mol. The standard InChI is InChI=1S/C26H32N6O6/c1-17(30-22(34)15-28-25(37)20-9-5-7-18-6-3-4-8-19(18)20)24(36)27-14-21(33)26(38)29-16-23(35)32-12-10-31(2)11-13-32/h3-9,17H,10-16H2,1-2H3,(H,27,36)(H,28,37)(H,29,38)(H,30,34)/t17-/m0/s1. The van der Waals surface area contributed by atoms with Gasteiger partial charge in [-0.3, -0.25) is 28.8 Å². The molecule has 1 heterocycles. The maximum Gasteiger partial charge on any atom is 0.289 e. The van der Waals surface area contributed by atoms with Crippen LogP contribution in [0.4, 0.5) is 0 Å². The summed E-state index contributed by atoms with van der Waals surface area (Å²) >= 11 is 0. The largest absolute Gasteiger partial charge is 0.347 e. The first-order valence-electron chi connectivity index (χ1n) is 12.3. The minimum Gasteiger partial charge on any atom is -0.347 e. The molecule has 3 rings (SSSR count). The first-order valence-corrected chi connectivity index (χ1v) is 12.3. The summed E-state index contributed by atoms with van der Waals surface area (Å²) in [7, 11) is 1.95. The van der Waals surface area contributed by atoms with Gasteiger partial charge in [0.1, 0.15) is 6.04 Å². The number of Topliss-reactive ketones (excluding diaryl/α,β-unsaturated/α-hetero) is 1. The fourth-order valence-corrected chi connectivity index (χ4v) is 3.86. The lowest BCUT2D eigenvalue weighted by molar-refractivity contribution is -0.140. The van der Waals surface area contributed by atoms with Crippen molar-refractivity contribution in [3.63, 3.8) is 0 Å². The lowest BCUT2D eigenvalue weighted by atomic mass is 10.0. The van der Waals surface area contributed by atoms with E-state index in [2.05, 4.69) is 26.2 Å². The molecule has 0 saturated carbocycles. The van der Waals surface area contributed by atoms with Crippen molar-refractivity contribution in [3.05, 3.63) is 48.0 Å². The second-order valence-electron chi connectivity index (χ2n) is 9.01. The van der Waals surface area contributed by atoms with Gasteiger partial charge in [0.05, 0.1) is 19.6 Å². The number of carbonyl (C=O) groups excluding carboxylic acids is 6. The Labute approximate surface area is 220 Å². The number of benzene rings is 2. The average molecular weight is 525 g/mol. The molecule has 1 aliphatic heterocycles. The number of nitrogens with zero attached hydrogens (tertiary/aromatic N) is 2. The molecule has 1 fully saturated rings. The first kappa shape index (κ1) is 28.3. The smallest absolute Gasteiger partial charge is 0.289 e. The Morgan fingerprint density at radius 2 is 1.50 bits per heavy atom. The summed E-state index contributed by atoms with van der Waals surface area (Å²) in [5, 5.41) is 11.1. The molecule has 202 valence electrons. The highest BCUT2D eigenvalue weighted by molar-refractivity contribution is 6.37. The van der Waals surface area contributed by atoms with E-state index in [-0.39, 0.29) is 19.0 Å². The summed E-state index contributed by atoms with van der Waals surface area (Å²) in [4.78, 5) is 76.9. The number of amides is 5. The molecule has 1 atom stereocenters. The molecule has 12 heteroatoms. The number of nitrogens with one attached hydrogen (secondary N) is 4. The van der Waals surface area contributed by atoms with Crippen molar-refractivity contribution >= 4 is 46.1 Å². The van der Waals surface area contributed by atoms with Crippen LogP contribution in [0.25, 0.3) is 10.8 Å². The molecule has 5 amide bonds. The quantitative estimate of drug-likeness (QED) is 0.280. The summed E-state index contributed by atoms with van der Waals surface area (Å²) in [5.41, 5.74) is 0.420. The van der Waals surface area contributed by atoms with E-state index in [1.807, 2.05) is 37.4 Å². The van der Waals surface area contributed by atoms with Crippen LogP contribution in [0.1, 0.15) is 17.3 Å². The van der Waals surface area contributed by atoms with E-state index in [0.29, 0.717) is 18.7 Å². The fourth-order valence-electron chi connectivity index (χ4n) is 3.86. The lowest BCUT2D eigenvalue weighted by Gasteiger charge is -2.32. The highest BCUT2D eigenvalue weighted by Gasteiger charge is 2.22. The van der Waals surface area contributed by atoms with Crippen molar-refractivity contribution in [1.82, 2.24) is 31.1 Å². The second kappa shape index (κ2) is 13.3. The summed E-state index contributed by atoms with van der Waals surface area (Å²) < 4.78 is 0. The third kappa shape index (κ3) is 7.84. The fraction of sp³-hybridized carbons (Fsp3) is 0.385. The maximum absolute atomic E-state index is 12.6. The number of likely N-dealkylation sites (N-methyl/N-ethyl adjacent to an activating group) is 1. The van der Waals surface area contributed by atoms with Gasteiger partial charge < -0.3 is 31.1 Å². The van der Waals surface area contributed by atoms with Gasteiger partial charge in [0, 0.05) is 31.7 Å². The zero-order valence-corrected chi connectivity index (χ0v) is 21.4. The molecule has 1 aliphatic rings. The van der Waals surface area contributed by atoms with E-state index in [1.165, 1.54) is 6.92 Å². The molecule has 0 bridgehead atoms. The molecular formula is C26H32N6O6. The van der Waals surface area contributed by atoms with Crippen LogP contribution in [-0.4, -0.2) is 104 Å². The minimum absolute atomic E-state index is 0.285. The summed E-state index contributed by atoms with van der Waals surface area (Å²) in [6.45, 7) is 2.70. The van der Waals surface area contributed by atoms with E-state index in [9.17, 15) is 28.8 Å². The van der Waals surface area contributed by atoms with Crippen molar-refractivity contribution in [2.75, 3.05) is 52.9 Å². The first-order chi connectivity index (χ1) is 18.2. The molecule has 4 N–H and O–H groups in total. The van der Waals surface area contributed by atoms with Crippen molar-refractivity contribution in [2.45, 2.75) is 13.0 Å². The third-order valence-corrected chi connectivity index (χ3v) is 6.15. The molecule has 0 aliphatic carbocycles. The molecular weight excluding hydrogens is 492 g/mol. The Bertz CT molecular complexity index is 1220. The number of piperazine rings is 1. The molecule has 38 heavy (non-hydrogen) atoms. The molecule has 0 spiro atoms. The molecule has 12 nitrogen and oxygen atoms in total. The van der Waals surface area contributed by atoms with Crippen LogP contribution >= 0.6 is 0 Å². The number of fused-ring (bicyclic) bond motifs is 1. The Balaban J connectivity index is 1.36. The van der Waals surface area contributed by atoms with Gasteiger partial charge in [-0.1, -0.05) is 36.4 Å². The lowest BCUT2D eigenvalue weighted by Crippen LogP contribution is -2.51. The van der Waals surface area contributed by atoms with Gasteiger partial charge in [0.2, 0.25) is 23.5 Å². The minimum atomic E-state index is -1.02. The van der Waals surface area contributed by atoms with Gasteiger partial charge in [-0.2, -0.15) is 0 Å². The van der Waals surface area contributed by atoms with Crippen LogP contribution in [0.2, 0.25) is 0 Å². The number of carbonyl (C=O) groups is 6. The van der Waals surface area contributed by atoms with E-state index in [1.54, 1.807) is 17.0 Å². The van der Waals surface area contributed by atoms with Crippen molar-refractivity contribution in [1.29, 1.82) is 0 Å². The maximum atomic E-state index is 12.6. The van der Waals surface area contributed by atoms with Crippen molar-refractivity contribution in [2.24, 2.45) is 0 Å². The molecule has 2 aromatic rings. The predicted octanol–water partition coefficient (Wildman–Crippen LogP) is -1.35. The zero-order chi connectivity index (χ0) is 27.7. The van der Waals surface area contributed by atoms with Gasteiger partial charge in [-0.25, -0.2) is 0 Å². The Morgan fingerprint density at radius 3 is 2.24 bits per heavy atom. The molecule has 0 aromatic heterocycles. The van der Waals surface area contributed by atoms with Crippen LogP contribution in [0.5, 0.6) is 0 Å². The summed E-state index contributed by atoms with van der Waals surface area (Å²) in [5.74, 6) is -3.92. The SMILES string of the molecule is C[C@H](NC(=O)CNC(=O)c1cccc2ccccc12)C(=O)NCC(=O)C(=O)NCC(=O)N1CCN(C)CC1. The number of ketones is 1. The topological polar surface area (TPSA) is 157 Å².